The quantitative estimate of drug-likeness (QED) is 0.739. The van der Waals surface area contributed by atoms with Gasteiger partial charge in [0.25, 0.3) is 0 Å². The van der Waals surface area contributed by atoms with Gasteiger partial charge in [-0.05, 0) is 17.9 Å². The van der Waals surface area contributed by atoms with Crippen molar-refractivity contribution in [3.63, 3.8) is 0 Å². The molecule has 0 aromatic heterocycles. The van der Waals surface area contributed by atoms with Crippen LogP contribution in [0, 0.1) is 0 Å². The van der Waals surface area contributed by atoms with Crippen molar-refractivity contribution in [3.05, 3.63) is 0 Å². The molecule has 1 unspecified atom stereocenters. The highest BCUT2D eigenvalue weighted by atomic mass is 28.3. The zero-order valence-electron chi connectivity index (χ0n) is 11.2. The van der Waals surface area contributed by atoms with Gasteiger partial charge in [-0.2, -0.15) is 8.78 Å². The fourth-order valence-electron chi connectivity index (χ4n) is 2.37. The van der Waals surface area contributed by atoms with Crippen molar-refractivity contribution in [2.75, 3.05) is 0 Å². The standard InChI is InChI=1S/C12H22F2O2Si/c1-10(2,3)17(4,5)11(16)8-6-7-9(15)12(11,13)14/h16H,6-8H2,1-5H3. The molecule has 0 bridgehead atoms. The van der Waals surface area contributed by atoms with Crippen molar-refractivity contribution in [3.8, 4) is 0 Å². The monoisotopic (exact) mass is 264 g/mol. The number of hydrogen-bond acceptors (Lipinski definition) is 2. The second-order valence-electron chi connectivity index (χ2n) is 6.59. The third kappa shape index (κ3) is 1.87. The number of rotatable bonds is 1. The molecule has 2 nitrogen and oxygen atoms in total. The van der Waals surface area contributed by atoms with Crippen LogP contribution in [0.25, 0.3) is 0 Å². The molecule has 1 aliphatic rings. The first-order valence-corrected chi connectivity index (χ1v) is 9.01. The van der Waals surface area contributed by atoms with Gasteiger partial charge >= 0.3 is 5.92 Å². The molecule has 5 heteroatoms. The van der Waals surface area contributed by atoms with Crippen LogP contribution in [0.3, 0.4) is 0 Å². The van der Waals surface area contributed by atoms with Crippen LogP contribution in [-0.4, -0.2) is 30.1 Å². The van der Waals surface area contributed by atoms with Gasteiger partial charge in [0, 0.05) is 6.42 Å². The average Bonchev–Trinajstić information content (AvgIpc) is 2.12. The van der Waals surface area contributed by atoms with E-state index in [1.807, 2.05) is 20.8 Å². The summed E-state index contributed by atoms with van der Waals surface area (Å²) in [5.74, 6) is -4.69. The molecule has 0 aromatic rings. The minimum atomic E-state index is -3.59. The van der Waals surface area contributed by atoms with Gasteiger partial charge in [-0.1, -0.05) is 33.9 Å². The Balaban J connectivity index is 3.30. The Morgan fingerprint density at radius 3 is 2.18 bits per heavy atom. The van der Waals surface area contributed by atoms with Crippen molar-refractivity contribution < 1.29 is 18.7 Å². The van der Waals surface area contributed by atoms with Gasteiger partial charge < -0.3 is 5.11 Å². The van der Waals surface area contributed by atoms with Crippen molar-refractivity contribution in [1.29, 1.82) is 0 Å². The Kier molecular flexibility index (Phi) is 3.34. The molecular weight excluding hydrogens is 242 g/mol. The third-order valence-electron chi connectivity index (χ3n) is 4.72. The molecule has 1 N–H and O–H groups in total. The van der Waals surface area contributed by atoms with Crippen LogP contribution in [-0.2, 0) is 4.79 Å². The van der Waals surface area contributed by atoms with Crippen LogP contribution >= 0.6 is 0 Å². The van der Waals surface area contributed by atoms with Crippen LogP contribution in [0.15, 0.2) is 0 Å². The molecule has 0 saturated heterocycles. The summed E-state index contributed by atoms with van der Waals surface area (Å²) in [5, 5.41) is 8.02. The van der Waals surface area contributed by atoms with Crippen molar-refractivity contribution in [1.82, 2.24) is 0 Å². The Morgan fingerprint density at radius 1 is 1.29 bits per heavy atom. The van der Waals surface area contributed by atoms with E-state index in [1.165, 1.54) is 0 Å². The predicted octanol–water partition coefficient (Wildman–Crippen LogP) is 3.15. The lowest BCUT2D eigenvalue weighted by Crippen LogP contribution is -2.71. The number of Topliss-reactive ketones (excluding diaryl/α,β-unsaturated/α-hetero) is 1. The highest BCUT2D eigenvalue weighted by Crippen LogP contribution is 2.52. The maximum absolute atomic E-state index is 14.1. The first-order valence-electron chi connectivity index (χ1n) is 6.01. The summed E-state index contributed by atoms with van der Waals surface area (Å²) >= 11 is 0. The molecule has 0 radical (unpaired) electrons. The van der Waals surface area contributed by atoms with Crippen molar-refractivity contribution >= 4 is 13.9 Å². The van der Waals surface area contributed by atoms with Crippen molar-refractivity contribution in [2.24, 2.45) is 0 Å². The molecule has 17 heavy (non-hydrogen) atoms. The van der Waals surface area contributed by atoms with E-state index in [1.54, 1.807) is 13.1 Å². The largest absolute Gasteiger partial charge is 0.387 e. The van der Waals surface area contributed by atoms with E-state index < -0.39 is 25.0 Å². The zero-order valence-corrected chi connectivity index (χ0v) is 12.2. The number of aliphatic hydroxyl groups is 1. The number of ketones is 1. The van der Waals surface area contributed by atoms with Gasteiger partial charge in [-0.25, -0.2) is 0 Å². The second-order valence-corrected chi connectivity index (χ2v) is 12.2. The molecule has 100 valence electrons. The topological polar surface area (TPSA) is 37.3 Å². The van der Waals surface area contributed by atoms with E-state index in [2.05, 4.69) is 0 Å². The molecule has 0 heterocycles. The molecule has 1 atom stereocenters. The molecule has 1 aliphatic carbocycles. The molecule has 1 fully saturated rings. The lowest BCUT2D eigenvalue weighted by molar-refractivity contribution is -0.180. The van der Waals surface area contributed by atoms with Crippen LogP contribution in [0.5, 0.6) is 0 Å². The highest BCUT2D eigenvalue weighted by molar-refractivity contribution is 6.83. The van der Waals surface area contributed by atoms with E-state index in [9.17, 15) is 18.7 Å². The third-order valence-corrected chi connectivity index (χ3v) is 11.1. The summed E-state index contributed by atoms with van der Waals surface area (Å²) in [6, 6.07) is 0. The smallest absolute Gasteiger partial charge is 0.330 e. The number of halogens is 2. The van der Waals surface area contributed by atoms with Crippen LogP contribution in [0.4, 0.5) is 8.78 Å². The number of alkyl halides is 2. The van der Waals surface area contributed by atoms with Gasteiger partial charge in [0.1, 0.15) is 5.22 Å². The van der Waals surface area contributed by atoms with E-state index in [4.69, 9.17) is 0 Å². The molecule has 0 aromatic carbocycles. The summed E-state index contributed by atoms with van der Waals surface area (Å²) in [5.41, 5.74) is 0. The van der Waals surface area contributed by atoms with E-state index in [0.717, 1.165) is 0 Å². The first-order chi connectivity index (χ1) is 7.38. The maximum atomic E-state index is 14.1. The van der Waals surface area contributed by atoms with Gasteiger partial charge in [0.15, 0.2) is 0 Å². The number of carbonyl (C=O) groups is 1. The van der Waals surface area contributed by atoms with Crippen LogP contribution < -0.4 is 0 Å². The van der Waals surface area contributed by atoms with E-state index >= 15 is 0 Å². The predicted molar refractivity (Wildman–Crippen MR) is 66.0 cm³/mol. The maximum Gasteiger partial charge on any atom is 0.330 e. The Morgan fingerprint density at radius 2 is 1.76 bits per heavy atom. The Labute approximate surface area is 102 Å². The van der Waals surface area contributed by atoms with Gasteiger partial charge in [-0.3, -0.25) is 4.79 Å². The molecule has 1 rings (SSSR count). The van der Waals surface area contributed by atoms with Gasteiger partial charge in [-0.15, -0.1) is 0 Å². The lowest BCUT2D eigenvalue weighted by Gasteiger charge is -2.53. The SMILES string of the molecule is CC(C)(C)[Si](C)(C)C1(O)CCCC(=O)C1(F)F. The minimum Gasteiger partial charge on any atom is -0.387 e. The normalized spacial score (nSPS) is 30.5. The summed E-state index contributed by atoms with van der Waals surface area (Å²) in [6.45, 7) is 9.10. The highest BCUT2D eigenvalue weighted by Gasteiger charge is 2.68. The molecule has 0 aliphatic heterocycles. The average molecular weight is 264 g/mol. The molecule has 1 saturated carbocycles. The summed E-state index contributed by atoms with van der Waals surface area (Å²) in [6.07, 6.45) is 0.267. The summed E-state index contributed by atoms with van der Waals surface area (Å²) < 4.78 is 28.2. The molecule has 0 amide bonds. The van der Waals surface area contributed by atoms with Crippen molar-refractivity contribution in [2.45, 2.75) is 69.3 Å². The Bertz CT molecular complexity index is 334. The van der Waals surface area contributed by atoms with Gasteiger partial charge in [0.2, 0.25) is 5.78 Å². The number of carbonyl (C=O) groups excluding carboxylic acids is 1. The summed E-state index contributed by atoms with van der Waals surface area (Å²) in [4.78, 5) is 11.4. The van der Waals surface area contributed by atoms with Crippen LogP contribution in [0.1, 0.15) is 40.0 Å². The van der Waals surface area contributed by atoms with E-state index in [-0.39, 0.29) is 17.9 Å². The minimum absolute atomic E-state index is 0.0300. The molecule has 0 spiro atoms. The Hall–Kier alpha value is -0.293. The van der Waals surface area contributed by atoms with E-state index in [0.29, 0.717) is 6.42 Å². The second kappa shape index (κ2) is 3.85. The first kappa shape index (κ1) is 14.8. The van der Waals surface area contributed by atoms with Crippen LogP contribution in [0.2, 0.25) is 18.1 Å². The lowest BCUT2D eigenvalue weighted by atomic mass is 9.91. The molecular formula is C12H22F2O2Si. The fraction of sp³-hybridized carbons (Fsp3) is 0.917. The number of hydrogen-bond donors (Lipinski definition) is 1. The fourth-order valence-corrected chi connectivity index (χ4v) is 5.34. The van der Waals surface area contributed by atoms with Gasteiger partial charge in [0.05, 0.1) is 8.07 Å². The zero-order chi connectivity index (χ0) is 13.7. The summed E-state index contributed by atoms with van der Waals surface area (Å²) in [7, 11) is -2.72.